The Bertz CT molecular complexity index is 464. The molecule has 0 spiro atoms. The smallest absolute Gasteiger partial charge is 0.313 e. The van der Waals surface area contributed by atoms with Gasteiger partial charge in [-0.15, -0.1) is 0 Å². The molecule has 0 bridgehead atoms. The maximum atomic E-state index is 11.0. The minimum atomic E-state index is -0.496. The fourth-order valence-corrected chi connectivity index (χ4v) is 1.53. The van der Waals surface area contributed by atoms with Crippen LogP contribution in [0.25, 0.3) is 0 Å². The Morgan fingerprint density at radius 2 is 2.05 bits per heavy atom. The lowest BCUT2D eigenvalue weighted by Gasteiger charge is -2.21. The Morgan fingerprint density at radius 1 is 1.42 bits per heavy atom. The normalized spacial score (nSPS) is 10.6. The van der Waals surface area contributed by atoms with Crippen molar-refractivity contribution in [3.8, 4) is 5.88 Å². The molecular formula is C11H19N5O3. The van der Waals surface area contributed by atoms with E-state index in [2.05, 4.69) is 4.98 Å². The average molecular weight is 269 g/mol. The maximum Gasteiger partial charge on any atom is 0.313 e. The molecule has 0 saturated heterocycles. The van der Waals surface area contributed by atoms with Crippen LogP contribution in [0.2, 0.25) is 0 Å². The van der Waals surface area contributed by atoms with Gasteiger partial charge >= 0.3 is 5.69 Å². The Labute approximate surface area is 111 Å². The molecule has 2 N–H and O–H groups in total. The SMILES string of the molecule is COc1nc(N(C)CCN(C)C)c([N+](=O)[O-])cc1N. The number of likely N-dealkylation sites (N-methyl/N-ethyl adjacent to an activating group) is 2. The number of anilines is 2. The second-order valence-corrected chi connectivity index (χ2v) is 4.41. The maximum absolute atomic E-state index is 11.0. The molecular weight excluding hydrogens is 250 g/mol. The predicted molar refractivity (Wildman–Crippen MR) is 73.7 cm³/mol. The number of nitrogens with two attached hydrogens (primary N) is 1. The van der Waals surface area contributed by atoms with Gasteiger partial charge in [-0.05, 0) is 14.1 Å². The minimum Gasteiger partial charge on any atom is -0.479 e. The highest BCUT2D eigenvalue weighted by atomic mass is 16.6. The van der Waals surface area contributed by atoms with Crippen molar-refractivity contribution in [3.05, 3.63) is 16.2 Å². The third-order valence-electron chi connectivity index (χ3n) is 2.61. The van der Waals surface area contributed by atoms with Gasteiger partial charge in [-0.3, -0.25) is 10.1 Å². The number of pyridine rings is 1. The molecule has 106 valence electrons. The van der Waals surface area contributed by atoms with Crippen LogP contribution >= 0.6 is 0 Å². The van der Waals surface area contributed by atoms with Crippen LogP contribution in [0, 0.1) is 10.1 Å². The van der Waals surface area contributed by atoms with Gasteiger partial charge in [-0.2, -0.15) is 4.98 Å². The largest absolute Gasteiger partial charge is 0.479 e. The Hall–Kier alpha value is -2.09. The Morgan fingerprint density at radius 3 is 2.53 bits per heavy atom. The molecule has 8 heteroatoms. The van der Waals surface area contributed by atoms with Crippen LogP contribution < -0.4 is 15.4 Å². The third kappa shape index (κ3) is 3.68. The zero-order valence-corrected chi connectivity index (χ0v) is 11.6. The molecule has 0 aliphatic carbocycles. The number of hydrogen-bond acceptors (Lipinski definition) is 7. The lowest BCUT2D eigenvalue weighted by molar-refractivity contribution is -0.384. The number of nitrogens with zero attached hydrogens (tertiary/aromatic N) is 4. The van der Waals surface area contributed by atoms with E-state index in [1.165, 1.54) is 13.2 Å². The van der Waals surface area contributed by atoms with Gasteiger partial charge in [0.15, 0.2) is 0 Å². The molecule has 0 saturated carbocycles. The molecule has 8 nitrogen and oxygen atoms in total. The molecule has 0 aliphatic rings. The van der Waals surface area contributed by atoms with E-state index < -0.39 is 4.92 Å². The van der Waals surface area contributed by atoms with E-state index in [1.54, 1.807) is 11.9 Å². The highest BCUT2D eigenvalue weighted by molar-refractivity contribution is 5.66. The first-order valence-corrected chi connectivity index (χ1v) is 5.71. The van der Waals surface area contributed by atoms with Gasteiger partial charge in [-0.25, -0.2) is 0 Å². The molecule has 1 heterocycles. The van der Waals surface area contributed by atoms with Gasteiger partial charge in [0.2, 0.25) is 11.7 Å². The number of rotatable bonds is 6. The summed E-state index contributed by atoms with van der Waals surface area (Å²) in [6, 6.07) is 1.27. The van der Waals surface area contributed by atoms with E-state index in [0.29, 0.717) is 6.54 Å². The second-order valence-electron chi connectivity index (χ2n) is 4.41. The highest BCUT2D eigenvalue weighted by Crippen LogP contribution is 2.32. The lowest BCUT2D eigenvalue weighted by Crippen LogP contribution is -2.29. The summed E-state index contributed by atoms with van der Waals surface area (Å²) in [4.78, 5) is 18.4. The molecule has 0 atom stereocenters. The second kappa shape index (κ2) is 6.19. The van der Waals surface area contributed by atoms with Crippen LogP contribution in [0.5, 0.6) is 5.88 Å². The van der Waals surface area contributed by atoms with E-state index in [-0.39, 0.29) is 23.1 Å². The zero-order valence-electron chi connectivity index (χ0n) is 11.6. The van der Waals surface area contributed by atoms with Crippen LogP contribution in [0.1, 0.15) is 0 Å². The van der Waals surface area contributed by atoms with E-state index in [9.17, 15) is 10.1 Å². The molecule has 19 heavy (non-hydrogen) atoms. The van der Waals surface area contributed by atoms with Gasteiger partial charge in [0.05, 0.1) is 12.0 Å². The average Bonchev–Trinajstić information content (AvgIpc) is 2.35. The summed E-state index contributed by atoms with van der Waals surface area (Å²) < 4.78 is 5.00. The summed E-state index contributed by atoms with van der Waals surface area (Å²) in [5, 5.41) is 11.0. The van der Waals surface area contributed by atoms with Gasteiger partial charge in [0, 0.05) is 26.2 Å². The summed E-state index contributed by atoms with van der Waals surface area (Å²) in [6.07, 6.45) is 0. The first-order valence-electron chi connectivity index (χ1n) is 5.71. The topological polar surface area (TPSA) is 97.8 Å². The Balaban J connectivity index is 3.12. The van der Waals surface area contributed by atoms with E-state index in [0.717, 1.165) is 6.54 Å². The van der Waals surface area contributed by atoms with Crippen LogP contribution in [-0.2, 0) is 0 Å². The van der Waals surface area contributed by atoms with E-state index in [1.807, 2.05) is 19.0 Å². The van der Waals surface area contributed by atoms with Gasteiger partial charge in [-0.1, -0.05) is 0 Å². The van der Waals surface area contributed by atoms with Crippen molar-refractivity contribution in [3.63, 3.8) is 0 Å². The third-order valence-corrected chi connectivity index (χ3v) is 2.61. The molecule has 1 aromatic rings. The predicted octanol–water partition coefficient (Wildman–Crippen LogP) is 0.578. The first kappa shape index (κ1) is 15.0. The summed E-state index contributed by atoms with van der Waals surface area (Å²) in [6.45, 7) is 1.36. The molecule has 0 radical (unpaired) electrons. The van der Waals surface area contributed by atoms with Gasteiger partial charge < -0.3 is 20.3 Å². The first-order chi connectivity index (χ1) is 8.86. The van der Waals surface area contributed by atoms with Crippen molar-refractivity contribution in [2.24, 2.45) is 0 Å². The number of aromatic nitrogens is 1. The Kier molecular flexibility index (Phi) is 4.87. The molecule has 1 rings (SSSR count). The van der Waals surface area contributed by atoms with Crippen molar-refractivity contribution in [2.45, 2.75) is 0 Å². The molecule has 1 aromatic heterocycles. The monoisotopic (exact) mass is 269 g/mol. The fourth-order valence-electron chi connectivity index (χ4n) is 1.53. The van der Waals surface area contributed by atoms with Crippen molar-refractivity contribution >= 4 is 17.2 Å². The van der Waals surface area contributed by atoms with Crippen LogP contribution in [0.15, 0.2) is 6.07 Å². The molecule has 0 fully saturated rings. The summed E-state index contributed by atoms with van der Waals surface area (Å²) in [5.74, 6) is 0.440. The molecule has 0 aliphatic heterocycles. The fraction of sp³-hybridized carbons (Fsp3) is 0.545. The standard InChI is InChI=1S/C11H19N5O3/c1-14(2)5-6-15(3)10-9(16(17)18)7-8(12)11(13-10)19-4/h7H,5-6,12H2,1-4H3. The number of methoxy groups -OCH3 is 1. The van der Waals surface area contributed by atoms with Crippen molar-refractivity contribution in [2.75, 3.05) is 52.0 Å². The number of nitrogen functional groups attached to an aromatic ring is 1. The molecule has 0 amide bonds. The number of ether oxygens (including phenoxy) is 1. The lowest BCUT2D eigenvalue weighted by atomic mass is 10.3. The minimum absolute atomic E-state index is 0.125. The molecule has 0 unspecified atom stereocenters. The quantitative estimate of drug-likeness (QED) is 0.595. The summed E-state index contributed by atoms with van der Waals surface area (Å²) in [5.41, 5.74) is 5.67. The number of nitro groups is 1. The van der Waals surface area contributed by atoms with Gasteiger partial charge in [0.1, 0.15) is 5.69 Å². The highest BCUT2D eigenvalue weighted by Gasteiger charge is 2.22. The summed E-state index contributed by atoms with van der Waals surface area (Å²) >= 11 is 0. The van der Waals surface area contributed by atoms with Crippen molar-refractivity contribution in [1.29, 1.82) is 0 Å². The van der Waals surface area contributed by atoms with Crippen LogP contribution in [0.3, 0.4) is 0 Å². The van der Waals surface area contributed by atoms with Crippen LogP contribution in [0.4, 0.5) is 17.2 Å². The number of hydrogen-bond donors (Lipinski definition) is 1. The molecule has 0 aromatic carbocycles. The summed E-state index contributed by atoms with van der Waals surface area (Å²) in [7, 11) is 7.03. The van der Waals surface area contributed by atoms with Crippen molar-refractivity contribution < 1.29 is 9.66 Å². The van der Waals surface area contributed by atoms with Gasteiger partial charge in [0.25, 0.3) is 0 Å². The van der Waals surface area contributed by atoms with E-state index >= 15 is 0 Å². The van der Waals surface area contributed by atoms with Crippen LogP contribution in [-0.4, -0.2) is 56.1 Å². The van der Waals surface area contributed by atoms with E-state index in [4.69, 9.17) is 10.5 Å². The van der Waals surface area contributed by atoms with Crippen molar-refractivity contribution in [1.82, 2.24) is 9.88 Å². The zero-order chi connectivity index (χ0) is 14.6.